The van der Waals surface area contributed by atoms with E-state index in [1.165, 1.54) is 9.21 Å². The van der Waals surface area contributed by atoms with Crippen molar-refractivity contribution in [2.24, 2.45) is 5.92 Å². The lowest BCUT2D eigenvalue weighted by Gasteiger charge is -2.31. The number of imide groups is 1. The smallest absolute Gasteiger partial charge is 0.329 e. The van der Waals surface area contributed by atoms with Crippen LogP contribution in [-0.2, 0) is 16.8 Å². The molecule has 2 heterocycles. The van der Waals surface area contributed by atoms with Crippen molar-refractivity contribution in [3.8, 4) is 0 Å². The van der Waals surface area contributed by atoms with Gasteiger partial charge in [-0.25, -0.2) is 14.3 Å². The van der Waals surface area contributed by atoms with Gasteiger partial charge in [-0.3, -0.25) is 9.69 Å². The predicted molar refractivity (Wildman–Crippen MR) is 131 cm³/mol. The maximum Gasteiger partial charge on any atom is 0.329 e. The largest absolute Gasteiger partial charge is 0.338 e. The summed E-state index contributed by atoms with van der Waals surface area (Å²) >= 11 is 0. The molecule has 1 aromatic rings. The Kier molecular flexibility index (Phi) is 8.27. The van der Waals surface area contributed by atoms with Gasteiger partial charge in [0.2, 0.25) is 0 Å². The molecule has 0 unspecified atom stereocenters. The summed E-state index contributed by atoms with van der Waals surface area (Å²) in [6.45, 7) is 1.34. The summed E-state index contributed by atoms with van der Waals surface area (Å²) in [6, 6.07) is 6.17. The third kappa shape index (κ3) is 6.52. The lowest BCUT2D eigenvalue weighted by molar-refractivity contribution is 0.0820. The number of amides is 5. The minimum atomic E-state index is -3.89. The average Bonchev–Trinajstić information content (AvgIpc) is 2.98. The third-order valence-corrected chi connectivity index (χ3v) is 8.71. The fourth-order valence-electron chi connectivity index (χ4n) is 5.16. The van der Waals surface area contributed by atoms with Crippen LogP contribution >= 0.6 is 0 Å². The van der Waals surface area contributed by atoms with E-state index in [4.69, 9.17) is 0 Å². The molecule has 10 nitrogen and oxygen atoms in total. The number of nitrogens with one attached hydrogen (secondary N) is 3. The number of fused-ring (bicyclic) bond motifs is 1. The van der Waals surface area contributed by atoms with E-state index in [1.807, 2.05) is 12.1 Å². The van der Waals surface area contributed by atoms with Crippen molar-refractivity contribution >= 4 is 28.2 Å². The van der Waals surface area contributed by atoms with Crippen LogP contribution in [0.3, 0.4) is 0 Å². The van der Waals surface area contributed by atoms with Gasteiger partial charge in [0.15, 0.2) is 0 Å². The van der Waals surface area contributed by atoms with Crippen LogP contribution < -0.4 is 15.4 Å². The molecule has 0 radical (unpaired) electrons. The molecular weight excluding hydrogens is 470 g/mol. The Hall–Kier alpha value is -2.66. The Labute approximate surface area is 207 Å². The summed E-state index contributed by atoms with van der Waals surface area (Å²) in [7, 11) is -3.89. The van der Waals surface area contributed by atoms with Crippen molar-refractivity contribution in [1.82, 2.24) is 24.6 Å². The van der Waals surface area contributed by atoms with Gasteiger partial charge in [0.25, 0.3) is 5.91 Å². The molecule has 3 aliphatic rings. The highest BCUT2D eigenvalue weighted by Crippen LogP contribution is 2.24. The van der Waals surface area contributed by atoms with E-state index >= 15 is 0 Å². The molecule has 0 bridgehead atoms. The Morgan fingerprint density at radius 1 is 0.971 bits per heavy atom. The highest BCUT2D eigenvalue weighted by molar-refractivity contribution is 7.87. The third-order valence-electron chi connectivity index (χ3n) is 7.22. The van der Waals surface area contributed by atoms with Gasteiger partial charge in [-0.15, -0.1) is 0 Å². The zero-order valence-corrected chi connectivity index (χ0v) is 20.8. The maximum absolute atomic E-state index is 12.6. The number of rotatable bonds is 6. The Bertz CT molecular complexity index is 1030. The quantitative estimate of drug-likeness (QED) is 0.512. The van der Waals surface area contributed by atoms with Gasteiger partial charge in [0.1, 0.15) is 0 Å². The topological polar surface area (TPSA) is 128 Å². The van der Waals surface area contributed by atoms with Gasteiger partial charge < -0.3 is 10.6 Å². The number of urea groups is 2. The molecule has 0 spiro atoms. The molecule has 0 atom stereocenters. The number of hydrogen-bond donors (Lipinski definition) is 3. The maximum atomic E-state index is 12.6. The first-order chi connectivity index (χ1) is 16.8. The first-order valence-corrected chi connectivity index (χ1v) is 14.0. The van der Waals surface area contributed by atoms with Crippen LogP contribution in [-0.4, -0.2) is 61.3 Å². The van der Waals surface area contributed by atoms with Crippen LogP contribution in [0, 0.1) is 5.92 Å². The standard InChI is InChI=1S/C24H35N5O5S/c30-22-21-10-6-5-7-19(21)17-29(22)24(32)25-14-11-18-12-15-28(16-13-18)35(33,34)27-23(31)26-20-8-3-1-2-4-9-20/h5-7,10,18,20H,1-4,8-9,11-17H2,(H,25,32)(H2,26,27,31). The number of hydrogen-bond acceptors (Lipinski definition) is 5. The van der Waals surface area contributed by atoms with Crippen molar-refractivity contribution < 1.29 is 22.8 Å². The van der Waals surface area contributed by atoms with E-state index in [0.29, 0.717) is 44.5 Å². The van der Waals surface area contributed by atoms with Crippen LogP contribution in [0.2, 0.25) is 0 Å². The second-order valence-electron chi connectivity index (χ2n) is 9.68. The molecule has 1 aliphatic carbocycles. The van der Waals surface area contributed by atoms with E-state index in [-0.39, 0.29) is 24.4 Å². The van der Waals surface area contributed by atoms with Gasteiger partial charge in [0.05, 0.1) is 6.54 Å². The normalized spacial score (nSPS) is 20.2. The second-order valence-corrected chi connectivity index (χ2v) is 11.4. The molecule has 35 heavy (non-hydrogen) atoms. The van der Waals surface area contributed by atoms with Crippen LogP contribution in [0.25, 0.3) is 0 Å². The highest BCUT2D eigenvalue weighted by Gasteiger charge is 2.32. The lowest BCUT2D eigenvalue weighted by atomic mass is 9.95. The summed E-state index contributed by atoms with van der Waals surface area (Å²) < 4.78 is 28.8. The molecule has 0 aromatic heterocycles. The van der Waals surface area contributed by atoms with Gasteiger partial charge in [-0.05, 0) is 49.7 Å². The molecule has 3 N–H and O–H groups in total. The number of carbonyl (C=O) groups is 3. The first-order valence-electron chi connectivity index (χ1n) is 12.6. The van der Waals surface area contributed by atoms with E-state index < -0.39 is 22.3 Å². The summed E-state index contributed by atoms with van der Waals surface area (Å²) in [5.74, 6) is -0.0276. The van der Waals surface area contributed by atoms with Gasteiger partial charge in [-0.1, -0.05) is 43.9 Å². The molecule has 1 saturated heterocycles. The second kappa shape index (κ2) is 11.4. The zero-order chi connectivity index (χ0) is 24.8. The van der Waals surface area contributed by atoms with Gasteiger partial charge >= 0.3 is 22.3 Å². The van der Waals surface area contributed by atoms with Gasteiger partial charge in [0, 0.05) is 31.2 Å². The van der Waals surface area contributed by atoms with E-state index in [2.05, 4.69) is 15.4 Å². The molecule has 1 saturated carbocycles. The molecule has 1 aromatic carbocycles. The zero-order valence-electron chi connectivity index (χ0n) is 20.0. The number of nitrogens with zero attached hydrogens (tertiary/aromatic N) is 2. The Morgan fingerprint density at radius 3 is 2.34 bits per heavy atom. The molecule has 4 rings (SSSR count). The van der Waals surface area contributed by atoms with E-state index in [1.54, 1.807) is 12.1 Å². The number of carbonyl (C=O) groups excluding carboxylic acids is 3. The number of benzene rings is 1. The van der Waals surface area contributed by atoms with Crippen molar-refractivity contribution in [3.05, 3.63) is 35.4 Å². The number of piperidine rings is 1. The highest BCUT2D eigenvalue weighted by atomic mass is 32.2. The monoisotopic (exact) mass is 505 g/mol. The van der Waals surface area contributed by atoms with Crippen molar-refractivity contribution in [3.63, 3.8) is 0 Å². The summed E-state index contributed by atoms with van der Waals surface area (Å²) in [5.41, 5.74) is 1.41. The van der Waals surface area contributed by atoms with Crippen molar-refractivity contribution in [2.75, 3.05) is 19.6 Å². The van der Waals surface area contributed by atoms with Crippen LogP contribution in [0.4, 0.5) is 9.59 Å². The van der Waals surface area contributed by atoms with E-state index in [9.17, 15) is 22.8 Å². The summed E-state index contributed by atoms with van der Waals surface area (Å²) in [5, 5.41) is 5.63. The molecule has 2 aliphatic heterocycles. The minimum Gasteiger partial charge on any atom is -0.338 e. The lowest BCUT2D eigenvalue weighted by Crippen LogP contribution is -2.51. The molecule has 11 heteroatoms. The fourth-order valence-corrected chi connectivity index (χ4v) is 6.27. The first kappa shape index (κ1) is 25.4. The van der Waals surface area contributed by atoms with Crippen LogP contribution in [0.15, 0.2) is 24.3 Å². The van der Waals surface area contributed by atoms with E-state index in [0.717, 1.165) is 44.1 Å². The van der Waals surface area contributed by atoms with Crippen LogP contribution in [0.5, 0.6) is 0 Å². The SMILES string of the molecule is O=C(NC1CCCCCC1)NS(=O)(=O)N1CCC(CCNC(=O)N2Cc3ccccc3C2=O)CC1. The van der Waals surface area contributed by atoms with Crippen molar-refractivity contribution in [1.29, 1.82) is 0 Å². The summed E-state index contributed by atoms with van der Waals surface area (Å²) in [4.78, 5) is 38.4. The fraction of sp³-hybridized carbons (Fsp3) is 0.625. The van der Waals surface area contributed by atoms with Crippen LogP contribution in [0.1, 0.15) is 73.7 Å². The average molecular weight is 506 g/mol. The Balaban J connectivity index is 1.16. The molecular formula is C24H35N5O5S. The molecule has 2 fully saturated rings. The van der Waals surface area contributed by atoms with Gasteiger partial charge in [-0.2, -0.15) is 12.7 Å². The Morgan fingerprint density at radius 2 is 1.66 bits per heavy atom. The van der Waals surface area contributed by atoms with Crippen molar-refractivity contribution in [2.45, 2.75) is 70.4 Å². The predicted octanol–water partition coefficient (Wildman–Crippen LogP) is 2.72. The molecule has 192 valence electrons. The molecule has 5 amide bonds. The summed E-state index contributed by atoms with van der Waals surface area (Å²) in [6.07, 6.45) is 8.17. The minimum absolute atomic E-state index is 0.0265.